The minimum absolute atomic E-state index is 0.0906. The Bertz CT molecular complexity index is 1180. The number of hydrogen-bond donors (Lipinski definition) is 2. The van der Waals surface area contributed by atoms with Crippen LogP contribution in [0.5, 0.6) is 5.75 Å². The predicted octanol–water partition coefficient (Wildman–Crippen LogP) is 5.50. The minimum Gasteiger partial charge on any atom is -0.494 e. The normalized spacial score (nSPS) is 22.3. The van der Waals surface area contributed by atoms with Crippen molar-refractivity contribution in [3.63, 3.8) is 0 Å². The Balaban J connectivity index is 1.14. The fraction of sp³-hybridized carbons (Fsp3) is 0.552. The van der Waals surface area contributed by atoms with Crippen LogP contribution in [0.25, 0.3) is 5.13 Å². The van der Waals surface area contributed by atoms with Crippen LogP contribution in [0.1, 0.15) is 58.6 Å². The lowest BCUT2D eigenvalue weighted by atomic mass is 9.78. The van der Waals surface area contributed by atoms with Gasteiger partial charge in [0.2, 0.25) is 16.2 Å². The van der Waals surface area contributed by atoms with E-state index in [1.54, 1.807) is 11.3 Å². The van der Waals surface area contributed by atoms with Crippen LogP contribution >= 0.6 is 11.3 Å². The van der Waals surface area contributed by atoms with Gasteiger partial charge in [-0.25, -0.2) is 0 Å². The van der Waals surface area contributed by atoms with E-state index in [-0.39, 0.29) is 11.8 Å². The topological polar surface area (TPSA) is 84.3 Å². The van der Waals surface area contributed by atoms with Crippen LogP contribution in [-0.4, -0.2) is 46.4 Å². The zero-order valence-electron chi connectivity index (χ0n) is 22.7. The van der Waals surface area contributed by atoms with Crippen molar-refractivity contribution < 1.29 is 9.53 Å². The lowest BCUT2D eigenvalue weighted by molar-refractivity contribution is -0.127. The second-order valence-electron chi connectivity index (χ2n) is 10.7. The van der Waals surface area contributed by atoms with Gasteiger partial charge in [0.1, 0.15) is 5.75 Å². The standard InChI is InChI=1S/C29H40N6O2S/c1-4-37-25-12-10-23(11-13-25)30-19-24-8-6-16-35(24)29-33-32-28(38-29)34-17-14-22(15-18-34)27(36)31-26-9-5-7-20(2)21(26)3/h6,8,10-13,16,20-22,26,30H,4-5,7,9,14-15,17-19H2,1-3H3,(H,31,36)/t20-,21+,26+/m0/s1. The number of piperidine rings is 1. The van der Waals surface area contributed by atoms with Crippen LogP contribution in [0, 0.1) is 17.8 Å². The average Bonchev–Trinajstić information content (AvgIpc) is 3.61. The van der Waals surface area contributed by atoms with Gasteiger partial charge in [0.25, 0.3) is 0 Å². The number of aromatic nitrogens is 3. The van der Waals surface area contributed by atoms with Gasteiger partial charge in [-0.2, -0.15) is 0 Å². The van der Waals surface area contributed by atoms with Crippen LogP contribution in [0.3, 0.4) is 0 Å². The molecule has 3 aromatic rings. The molecule has 1 saturated carbocycles. The highest BCUT2D eigenvalue weighted by atomic mass is 32.1. The van der Waals surface area contributed by atoms with Crippen LogP contribution in [0.4, 0.5) is 10.8 Å². The summed E-state index contributed by atoms with van der Waals surface area (Å²) in [6.45, 7) is 9.59. The van der Waals surface area contributed by atoms with E-state index in [1.165, 1.54) is 12.8 Å². The highest BCUT2D eigenvalue weighted by Crippen LogP contribution is 2.31. The summed E-state index contributed by atoms with van der Waals surface area (Å²) < 4.78 is 7.62. The lowest BCUT2D eigenvalue weighted by Crippen LogP contribution is -2.48. The molecule has 1 saturated heterocycles. The Morgan fingerprint density at radius 3 is 2.58 bits per heavy atom. The molecule has 8 nitrogen and oxygen atoms in total. The maximum absolute atomic E-state index is 13.0. The van der Waals surface area contributed by atoms with Gasteiger partial charge in [0.15, 0.2) is 0 Å². The first-order valence-corrected chi connectivity index (χ1v) is 14.9. The van der Waals surface area contributed by atoms with E-state index in [0.29, 0.717) is 31.0 Å². The van der Waals surface area contributed by atoms with Gasteiger partial charge in [-0.05, 0) is 74.4 Å². The monoisotopic (exact) mass is 536 g/mol. The molecule has 204 valence electrons. The van der Waals surface area contributed by atoms with Crippen molar-refractivity contribution in [2.75, 3.05) is 29.9 Å². The van der Waals surface area contributed by atoms with Gasteiger partial charge >= 0.3 is 0 Å². The van der Waals surface area contributed by atoms with E-state index in [1.807, 2.05) is 43.5 Å². The van der Waals surface area contributed by atoms with E-state index >= 15 is 0 Å². The molecule has 1 aromatic carbocycles. The van der Waals surface area contributed by atoms with Crippen molar-refractivity contribution in [1.29, 1.82) is 0 Å². The summed E-state index contributed by atoms with van der Waals surface area (Å²) in [7, 11) is 0. The first-order valence-electron chi connectivity index (χ1n) is 14.0. The molecule has 9 heteroatoms. The number of ether oxygens (including phenoxy) is 1. The molecule has 1 amide bonds. The Hall–Kier alpha value is -3.07. The van der Waals surface area contributed by atoms with Crippen molar-refractivity contribution in [3.8, 4) is 10.9 Å². The number of amides is 1. The third-order valence-electron chi connectivity index (χ3n) is 8.25. The molecule has 2 N–H and O–H groups in total. The van der Waals surface area contributed by atoms with Gasteiger partial charge < -0.3 is 20.3 Å². The second kappa shape index (κ2) is 12.2. The summed E-state index contributed by atoms with van der Waals surface area (Å²) in [6, 6.07) is 12.5. The zero-order valence-corrected chi connectivity index (χ0v) is 23.5. The van der Waals surface area contributed by atoms with E-state index in [0.717, 1.165) is 59.7 Å². The number of nitrogens with one attached hydrogen (secondary N) is 2. The fourth-order valence-corrected chi connectivity index (χ4v) is 6.54. The highest BCUT2D eigenvalue weighted by Gasteiger charge is 2.32. The molecule has 3 heterocycles. The quantitative estimate of drug-likeness (QED) is 0.376. The molecule has 3 atom stereocenters. The predicted molar refractivity (Wildman–Crippen MR) is 153 cm³/mol. The molecule has 1 aliphatic carbocycles. The van der Waals surface area contributed by atoms with Crippen molar-refractivity contribution in [2.24, 2.45) is 17.8 Å². The molecule has 2 aliphatic rings. The summed E-state index contributed by atoms with van der Waals surface area (Å²) in [5, 5.41) is 17.6. The van der Waals surface area contributed by atoms with Crippen molar-refractivity contribution in [3.05, 3.63) is 48.3 Å². The first kappa shape index (κ1) is 26.5. The van der Waals surface area contributed by atoms with E-state index in [4.69, 9.17) is 4.74 Å². The fourth-order valence-electron chi connectivity index (χ4n) is 5.63. The molecule has 2 fully saturated rings. The highest BCUT2D eigenvalue weighted by molar-refractivity contribution is 7.17. The summed E-state index contributed by atoms with van der Waals surface area (Å²) in [6.07, 6.45) is 7.36. The van der Waals surface area contributed by atoms with Crippen molar-refractivity contribution in [2.45, 2.75) is 65.5 Å². The Morgan fingerprint density at radius 1 is 1.05 bits per heavy atom. The Morgan fingerprint density at radius 2 is 1.82 bits per heavy atom. The van der Waals surface area contributed by atoms with E-state index in [2.05, 4.69) is 50.2 Å². The SMILES string of the molecule is CCOc1ccc(NCc2cccn2-c2nnc(N3CCC(C(=O)N[C@@H]4CCC[C@H](C)[C@H]4C)CC3)s2)cc1. The minimum atomic E-state index is 0.0906. The summed E-state index contributed by atoms with van der Waals surface area (Å²) in [4.78, 5) is 15.3. The molecular formula is C29H40N6O2S. The number of anilines is 2. The van der Waals surface area contributed by atoms with Crippen LogP contribution in [-0.2, 0) is 11.3 Å². The first-order chi connectivity index (χ1) is 18.5. The maximum Gasteiger partial charge on any atom is 0.223 e. The average molecular weight is 537 g/mol. The maximum atomic E-state index is 13.0. The van der Waals surface area contributed by atoms with Crippen LogP contribution < -0.4 is 20.3 Å². The van der Waals surface area contributed by atoms with Crippen LogP contribution in [0.2, 0.25) is 0 Å². The number of rotatable bonds is 9. The van der Waals surface area contributed by atoms with Gasteiger partial charge in [-0.1, -0.05) is 38.0 Å². The van der Waals surface area contributed by atoms with Gasteiger partial charge in [0, 0.05) is 42.6 Å². The molecule has 0 spiro atoms. The molecule has 0 bridgehead atoms. The van der Waals surface area contributed by atoms with E-state index in [9.17, 15) is 4.79 Å². The summed E-state index contributed by atoms with van der Waals surface area (Å²) in [5.74, 6) is 2.45. The Labute approximate surface area is 229 Å². The smallest absolute Gasteiger partial charge is 0.223 e. The van der Waals surface area contributed by atoms with Crippen molar-refractivity contribution in [1.82, 2.24) is 20.1 Å². The van der Waals surface area contributed by atoms with Crippen molar-refractivity contribution >= 4 is 28.1 Å². The molecule has 38 heavy (non-hydrogen) atoms. The molecule has 5 rings (SSSR count). The third kappa shape index (κ3) is 6.14. The third-order valence-corrected chi connectivity index (χ3v) is 9.24. The molecule has 0 unspecified atom stereocenters. The number of nitrogens with zero attached hydrogens (tertiary/aromatic N) is 4. The second-order valence-corrected chi connectivity index (χ2v) is 11.6. The molecule has 0 radical (unpaired) electrons. The van der Waals surface area contributed by atoms with E-state index < -0.39 is 0 Å². The number of hydrogen-bond acceptors (Lipinski definition) is 7. The largest absolute Gasteiger partial charge is 0.494 e. The molecule has 2 aromatic heterocycles. The van der Waals surface area contributed by atoms with Gasteiger partial charge in [0.05, 0.1) is 13.2 Å². The van der Waals surface area contributed by atoms with Crippen LogP contribution in [0.15, 0.2) is 42.6 Å². The molecular weight excluding hydrogens is 496 g/mol. The lowest BCUT2D eigenvalue weighted by Gasteiger charge is -2.36. The number of benzene rings is 1. The number of carbonyl (C=O) groups is 1. The van der Waals surface area contributed by atoms with Gasteiger partial charge in [-0.15, -0.1) is 10.2 Å². The molecule has 1 aliphatic heterocycles. The Kier molecular flexibility index (Phi) is 8.51. The summed E-state index contributed by atoms with van der Waals surface area (Å²) in [5.41, 5.74) is 2.15. The zero-order chi connectivity index (χ0) is 26.5. The van der Waals surface area contributed by atoms with Gasteiger partial charge in [-0.3, -0.25) is 9.36 Å². The summed E-state index contributed by atoms with van der Waals surface area (Å²) >= 11 is 1.60. The number of carbonyl (C=O) groups excluding carboxylic acids is 1.